The number of alkyl halides is 3. The molecule has 0 unspecified atom stereocenters. The summed E-state index contributed by atoms with van der Waals surface area (Å²) in [6.45, 7) is -1.82. The van der Waals surface area contributed by atoms with Gasteiger partial charge in [0, 0.05) is 42.7 Å². The van der Waals surface area contributed by atoms with E-state index in [1.54, 1.807) is 17.1 Å². The number of hydrogen-bond donors (Lipinski definition) is 3. The van der Waals surface area contributed by atoms with Crippen LogP contribution in [0.2, 0.25) is 0 Å². The summed E-state index contributed by atoms with van der Waals surface area (Å²) in [6, 6.07) is 3.35. The molecule has 9 nitrogen and oxygen atoms in total. The van der Waals surface area contributed by atoms with Gasteiger partial charge in [0.25, 0.3) is 5.91 Å². The zero-order valence-corrected chi connectivity index (χ0v) is 17.9. The number of anilines is 1. The van der Waals surface area contributed by atoms with Crippen molar-refractivity contribution in [1.82, 2.24) is 25.3 Å². The Balaban J connectivity index is 1.53. The van der Waals surface area contributed by atoms with Gasteiger partial charge < -0.3 is 15.3 Å². The summed E-state index contributed by atoms with van der Waals surface area (Å²) in [7, 11) is 0. The first-order valence-electron chi connectivity index (χ1n) is 10.2. The second-order valence-corrected chi connectivity index (χ2v) is 8.07. The van der Waals surface area contributed by atoms with Crippen LogP contribution < -0.4 is 10.2 Å². The molecule has 1 aliphatic heterocycles. The molecule has 0 atom stereocenters. The Morgan fingerprint density at radius 2 is 2.03 bits per heavy atom. The summed E-state index contributed by atoms with van der Waals surface area (Å²) >= 11 is 0. The molecule has 0 spiro atoms. The van der Waals surface area contributed by atoms with Gasteiger partial charge in [-0.05, 0) is 6.07 Å². The van der Waals surface area contributed by atoms with Crippen molar-refractivity contribution in [2.75, 3.05) is 24.5 Å². The van der Waals surface area contributed by atoms with Crippen LogP contribution in [0.15, 0.2) is 30.7 Å². The van der Waals surface area contributed by atoms with Gasteiger partial charge >= 0.3 is 6.18 Å². The van der Waals surface area contributed by atoms with Crippen molar-refractivity contribution in [3.05, 3.63) is 53.6 Å². The number of nitriles is 1. The predicted octanol–water partition coefficient (Wildman–Crippen LogP) is 2.46. The number of aliphatic hydroxyl groups is 1. The van der Waals surface area contributed by atoms with E-state index in [9.17, 15) is 37.1 Å². The molecule has 1 fully saturated rings. The van der Waals surface area contributed by atoms with Crippen molar-refractivity contribution >= 4 is 11.6 Å². The first-order valence-corrected chi connectivity index (χ1v) is 10.2. The number of aromatic amines is 1. The van der Waals surface area contributed by atoms with E-state index in [0.717, 1.165) is 6.07 Å². The van der Waals surface area contributed by atoms with Gasteiger partial charge in [-0.2, -0.15) is 28.6 Å². The Hall–Kier alpha value is -3.99. The Morgan fingerprint density at radius 3 is 2.69 bits per heavy atom. The fraction of sp³-hybridized carbons (Fsp3) is 0.333. The van der Waals surface area contributed by atoms with Crippen LogP contribution >= 0.6 is 0 Å². The van der Waals surface area contributed by atoms with E-state index in [-0.39, 0.29) is 31.8 Å². The van der Waals surface area contributed by atoms with E-state index >= 15 is 0 Å². The summed E-state index contributed by atoms with van der Waals surface area (Å²) in [4.78, 5) is 13.3. The molecule has 0 radical (unpaired) electrons. The number of aliphatic hydroxyl groups excluding tert-OH is 1. The average molecular weight is 495 g/mol. The number of nitrogens with one attached hydrogen (secondary N) is 2. The van der Waals surface area contributed by atoms with Gasteiger partial charge in [-0.25, -0.2) is 8.78 Å². The third-order valence-electron chi connectivity index (χ3n) is 5.70. The lowest BCUT2D eigenvalue weighted by Crippen LogP contribution is -2.63. The van der Waals surface area contributed by atoms with E-state index in [4.69, 9.17) is 0 Å². The number of halogens is 5. The molecule has 0 aliphatic carbocycles. The molecular formula is C21H18F5N7O2. The summed E-state index contributed by atoms with van der Waals surface area (Å²) in [6.07, 6.45) is 0.0759. The number of H-pyrrole nitrogens is 1. The van der Waals surface area contributed by atoms with Crippen LogP contribution in [-0.2, 0) is 12.1 Å². The minimum atomic E-state index is -4.70. The van der Waals surface area contributed by atoms with Crippen molar-refractivity contribution < 1.29 is 31.9 Å². The lowest BCUT2D eigenvalue weighted by atomic mass is 9.86. The number of carbonyl (C=O) groups excluding carboxylic acids is 1. The molecule has 4 rings (SSSR count). The number of hydrogen-bond acceptors (Lipinski definition) is 6. The SMILES string of the molecule is N#CCC1(n2cc(-c3c[nH]nc3CO)cn2)CN(c2cc(F)c(C(=O)NCC(F)(F)F)cc2F)C1. The minimum absolute atomic E-state index is 0.00486. The molecule has 1 saturated heterocycles. The zero-order chi connectivity index (χ0) is 25.4. The van der Waals surface area contributed by atoms with E-state index in [0.29, 0.717) is 22.9 Å². The zero-order valence-electron chi connectivity index (χ0n) is 17.9. The molecule has 3 heterocycles. The van der Waals surface area contributed by atoms with E-state index in [1.807, 2.05) is 0 Å². The highest BCUT2D eigenvalue weighted by Crippen LogP contribution is 2.38. The molecule has 1 amide bonds. The molecule has 3 N–H and O–H groups in total. The van der Waals surface area contributed by atoms with Crippen LogP contribution in [0.3, 0.4) is 0 Å². The number of rotatable bonds is 7. The number of carbonyl (C=O) groups is 1. The molecule has 184 valence electrons. The van der Waals surface area contributed by atoms with Gasteiger partial charge in [0.15, 0.2) is 0 Å². The van der Waals surface area contributed by atoms with E-state index in [2.05, 4.69) is 21.4 Å². The number of aromatic nitrogens is 4. The molecule has 0 saturated carbocycles. The second-order valence-electron chi connectivity index (χ2n) is 8.07. The van der Waals surface area contributed by atoms with Crippen LogP contribution in [0.1, 0.15) is 22.5 Å². The molecule has 0 bridgehead atoms. The van der Waals surface area contributed by atoms with Gasteiger partial charge in [0.05, 0.1) is 42.2 Å². The molecule has 2 aromatic heterocycles. The largest absolute Gasteiger partial charge is 0.405 e. The first kappa shape index (κ1) is 24.1. The summed E-state index contributed by atoms with van der Waals surface area (Å²) < 4.78 is 67.6. The Kier molecular flexibility index (Phi) is 6.20. The summed E-state index contributed by atoms with van der Waals surface area (Å²) in [5, 5.41) is 31.1. The van der Waals surface area contributed by atoms with Crippen LogP contribution in [-0.4, -0.2) is 56.8 Å². The van der Waals surface area contributed by atoms with E-state index < -0.39 is 41.4 Å². The highest BCUT2D eigenvalue weighted by atomic mass is 19.4. The minimum Gasteiger partial charge on any atom is -0.390 e. The third-order valence-corrected chi connectivity index (χ3v) is 5.70. The first-order chi connectivity index (χ1) is 16.6. The predicted molar refractivity (Wildman–Crippen MR) is 111 cm³/mol. The molecule has 1 aromatic carbocycles. The fourth-order valence-corrected chi connectivity index (χ4v) is 3.96. The number of nitrogens with zero attached hydrogens (tertiary/aromatic N) is 5. The lowest BCUT2D eigenvalue weighted by molar-refractivity contribution is -0.123. The third kappa shape index (κ3) is 4.67. The van der Waals surface area contributed by atoms with Crippen molar-refractivity contribution in [3.63, 3.8) is 0 Å². The van der Waals surface area contributed by atoms with Gasteiger partial charge in [-0.15, -0.1) is 0 Å². The topological polar surface area (TPSA) is 123 Å². The summed E-state index contributed by atoms with van der Waals surface area (Å²) in [5.41, 5.74) is -0.253. The van der Waals surface area contributed by atoms with Crippen molar-refractivity contribution in [1.29, 1.82) is 5.26 Å². The Labute approximate surface area is 194 Å². The maximum Gasteiger partial charge on any atom is 0.405 e. The van der Waals surface area contributed by atoms with Gasteiger partial charge in [-0.1, -0.05) is 0 Å². The van der Waals surface area contributed by atoms with Gasteiger partial charge in [0.2, 0.25) is 0 Å². The smallest absolute Gasteiger partial charge is 0.390 e. The van der Waals surface area contributed by atoms with Crippen LogP contribution in [0.4, 0.5) is 27.6 Å². The molecule has 14 heteroatoms. The monoisotopic (exact) mass is 495 g/mol. The maximum atomic E-state index is 14.7. The van der Waals surface area contributed by atoms with Gasteiger partial charge in [-0.3, -0.25) is 14.6 Å². The Bertz CT molecular complexity index is 1290. The van der Waals surface area contributed by atoms with Crippen molar-refractivity contribution in [3.8, 4) is 17.2 Å². The number of amides is 1. The molecular weight excluding hydrogens is 477 g/mol. The maximum absolute atomic E-state index is 14.7. The fourth-order valence-electron chi connectivity index (χ4n) is 3.96. The molecule has 3 aromatic rings. The highest BCUT2D eigenvalue weighted by Gasteiger charge is 2.46. The normalized spacial score (nSPS) is 14.9. The van der Waals surface area contributed by atoms with Crippen LogP contribution in [0.25, 0.3) is 11.1 Å². The van der Waals surface area contributed by atoms with E-state index in [1.165, 1.54) is 16.4 Å². The number of benzene rings is 1. The van der Waals surface area contributed by atoms with Gasteiger partial charge in [0.1, 0.15) is 23.7 Å². The van der Waals surface area contributed by atoms with Crippen LogP contribution in [0.5, 0.6) is 0 Å². The standard InChI is InChI=1S/C21H18F5N7O2/c22-15-4-18(16(23)3-13(15)19(35)28-9-21(24,25)26)32-10-20(11-32,1-2-27)33-7-12(5-30-33)14-6-29-31-17(14)8-34/h3-7,34H,1,8-11H2,(H,28,35)(H,29,31). The second kappa shape index (κ2) is 8.99. The lowest BCUT2D eigenvalue weighted by Gasteiger charge is -2.50. The highest BCUT2D eigenvalue weighted by molar-refractivity contribution is 5.95. The molecule has 1 aliphatic rings. The quantitative estimate of drug-likeness (QED) is 0.433. The van der Waals surface area contributed by atoms with Crippen LogP contribution in [0, 0.1) is 23.0 Å². The molecule has 35 heavy (non-hydrogen) atoms. The Morgan fingerprint density at radius 1 is 1.29 bits per heavy atom. The van der Waals surface area contributed by atoms with Crippen molar-refractivity contribution in [2.24, 2.45) is 0 Å². The van der Waals surface area contributed by atoms with Crippen molar-refractivity contribution in [2.45, 2.75) is 24.7 Å². The summed E-state index contributed by atoms with van der Waals surface area (Å²) in [5.74, 6) is -3.57. The average Bonchev–Trinajstić information content (AvgIpc) is 3.44.